The first-order chi connectivity index (χ1) is 11.2. The van der Waals surface area contributed by atoms with Crippen LogP contribution < -0.4 is 10.6 Å². The molecule has 0 aliphatic rings. The van der Waals surface area contributed by atoms with Crippen molar-refractivity contribution in [2.24, 2.45) is 0 Å². The number of benzene rings is 2. The zero-order valence-electron chi connectivity index (χ0n) is 11.9. The van der Waals surface area contributed by atoms with E-state index in [1.54, 1.807) is 18.2 Å². The number of hydrogen-bond acceptors (Lipinski definition) is 6. The van der Waals surface area contributed by atoms with Crippen LogP contribution >= 0.6 is 15.9 Å². The van der Waals surface area contributed by atoms with Crippen molar-refractivity contribution < 1.29 is 0 Å². The van der Waals surface area contributed by atoms with E-state index in [0.717, 1.165) is 10.2 Å². The fourth-order valence-corrected chi connectivity index (χ4v) is 2.17. The molecule has 0 spiro atoms. The second-order valence-electron chi connectivity index (χ2n) is 4.58. The van der Waals surface area contributed by atoms with Gasteiger partial charge in [-0.25, -0.2) is 0 Å². The molecular weight excluding hydrogens is 356 g/mol. The lowest BCUT2D eigenvalue weighted by molar-refractivity contribution is 0.982. The third-order valence-corrected chi connectivity index (χ3v) is 3.50. The van der Waals surface area contributed by atoms with Gasteiger partial charge in [0.1, 0.15) is 6.07 Å². The third kappa shape index (κ3) is 3.81. The number of hydrogen-bond donors (Lipinski definition) is 2. The van der Waals surface area contributed by atoms with E-state index in [4.69, 9.17) is 5.26 Å². The Balaban J connectivity index is 1.80. The normalized spacial score (nSPS) is 9.91. The average Bonchev–Trinajstić information content (AvgIpc) is 2.58. The Bertz CT molecular complexity index is 857. The van der Waals surface area contributed by atoms with Gasteiger partial charge >= 0.3 is 0 Å². The van der Waals surface area contributed by atoms with E-state index < -0.39 is 0 Å². The zero-order chi connectivity index (χ0) is 16.1. The third-order valence-electron chi connectivity index (χ3n) is 2.97. The van der Waals surface area contributed by atoms with Crippen molar-refractivity contribution in [3.8, 4) is 6.07 Å². The molecule has 112 valence electrons. The van der Waals surface area contributed by atoms with Crippen molar-refractivity contribution in [3.05, 3.63) is 64.8 Å². The van der Waals surface area contributed by atoms with Gasteiger partial charge in [-0.1, -0.05) is 28.1 Å². The van der Waals surface area contributed by atoms with Crippen LogP contribution in [-0.4, -0.2) is 15.2 Å². The topological polar surface area (TPSA) is 86.5 Å². The summed E-state index contributed by atoms with van der Waals surface area (Å²) in [4.78, 5) is 4.34. The van der Waals surface area contributed by atoms with E-state index >= 15 is 0 Å². The Labute approximate surface area is 141 Å². The minimum atomic E-state index is 0.315. The Kier molecular flexibility index (Phi) is 4.45. The monoisotopic (exact) mass is 366 g/mol. The Morgan fingerprint density at radius 3 is 2.57 bits per heavy atom. The highest BCUT2D eigenvalue weighted by Crippen LogP contribution is 2.20. The van der Waals surface area contributed by atoms with Crippen LogP contribution in [0.15, 0.2) is 59.2 Å². The molecule has 0 saturated heterocycles. The van der Waals surface area contributed by atoms with Crippen molar-refractivity contribution in [3.63, 3.8) is 0 Å². The van der Waals surface area contributed by atoms with Gasteiger partial charge in [0.2, 0.25) is 5.95 Å². The van der Waals surface area contributed by atoms with Crippen molar-refractivity contribution in [1.29, 1.82) is 5.26 Å². The van der Waals surface area contributed by atoms with E-state index in [0.29, 0.717) is 23.0 Å². The van der Waals surface area contributed by atoms with Gasteiger partial charge in [-0.15, -0.1) is 5.10 Å². The highest BCUT2D eigenvalue weighted by molar-refractivity contribution is 9.10. The number of nitrogens with one attached hydrogen (secondary N) is 2. The number of aromatic nitrogens is 3. The molecule has 0 aliphatic heterocycles. The molecule has 3 rings (SSSR count). The van der Waals surface area contributed by atoms with Crippen LogP contribution in [0.25, 0.3) is 0 Å². The summed E-state index contributed by atoms with van der Waals surface area (Å²) >= 11 is 3.39. The summed E-state index contributed by atoms with van der Waals surface area (Å²) in [6.07, 6.45) is 1.53. The number of halogens is 1. The molecule has 0 saturated carbocycles. The molecule has 0 atom stereocenters. The summed E-state index contributed by atoms with van der Waals surface area (Å²) in [5.74, 6) is 0.870. The molecule has 0 fully saturated rings. The predicted molar refractivity (Wildman–Crippen MR) is 91.7 cm³/mol. The summed E-state index contributed by atoms with van der Waals surface area (Å²) < 4.78 is 0.999. The molecule has 6 nitrogen and oxygen atoms in total. The minimum absolute atomic E-state index is 0.315. The van der Waals surface area contributed by atoms with E-state index in [2.05, 4.69) is 47.8 Å². The van der Waals surface area contributed by atoms with Crippen LogP contribution in [0.5, 0.6) is 0 Å². The Morgan fingerprint density at radius 2 is 1.78 bits per heavy atom. The lowest BCUT2D eigenvalue weighted by Gasteiger charge is -2.08. The molecule has 1 aromatic heterocycles. The maximum Gasteiger partial charge on any atom is 0.249 e. The van der Waals surface area contributed by atoms with Crippen molar-refractivity contribution in [2.45, 2.75) is 0 Å². The molecule has 0 amide bonds. The van der Waals surface area contributed by atoms with Crippen LogP contribution in [0.3, 0.4) is 0 Å². The maximum atomic E-state index is 9.11. The second kappa shape index (κ2) is 6.85. The molecule has 3 aromatic rings. The molecule has 7 heteroatoms. The molecule has 0 aliphatic carbocycles. The lowest BCUT2D eigenvalue weighted by Crippen LogP contribution is -2.03. The summed E-state index contributed by atoms with van der Waals surface area (Å²) in [6, 6.07) is 17.0. The van der Waals surface area contributed by atoms with E-state index in [-0.39, 0.29) is 0 Å². The molecular formula is C16H11BrN6. The van der Waals surface area contributed by atoms with E-state index in [1.165, 1.54) is 6.20 Å². The molecule has 2 aromatic carbocycles. The largest absolute Gasteiger partial charge is 0.339 e. The average molecular weight is 367 g/mol. The number of anilines is 4. The van der Waals surface area contributed by atoms with E-state index in [1.807, 2.05) is 30.3 Å². The Morgan fingerprint density at radius 1 is 1.00 bits per heavy atom. The molecule has 23 heavy (non-hydrogen) atoms. The smallest absolute Gasteiger partial charge is 0.249 e. The van der Waals surface area contributed by atoms with Crippen LogP contribution in [0.4, 0.5) is 23.1 Å². The van der Waals surface area contributed by atoms with Gasteiger partial charge in [0.15, 0.2) is 5.82 Å². The molecule has 0 unspecified atom stereocenters. The van der Waals surface area contributed by atoms with Gasteiger partial charge in [-0.3, -0.25) is 0 Å². The SMILES string of the molecule is N#Cc1ccccc1Nc1nncc(Nc2ccc(Br)cc2)n1. The fraction of sp³-hybridized carbons (Fsp3) is 0. The van der Waals surface area contributed by atoms with Crippen LogP contribution in [0.1, 0.15) is 5.56 Å². The van der Waals surface area contributed by atoms with Crippen molar-refractivity contribution in [1.82, 2.24) is 15.2 Å². The highest BCUT2D eigenvalue weighted by Gasteiger charge is 2.05. The quantitative estimate of drug-likeness (QED) is 0.725. The second-order valence-corrected chi connectivity index (χ2v) is 5.50. The number of rotatable bonds is 4. The van der Waals surface area contributed by atoms with Gasteiger partial charge in [-0.2, -0.15) is 15.3 Å². The van der Waals surface area contributed by atoms with Crippen LogP contribution in [0.2, 0.25) is 0 Å². The molecule has 0 bridgehead atoms. The Hall–Kier alpha value is -2.98. The summed E-state index contributed by atoms with van der Waals surface area (Å²) in [6.45, 7) is 0. The summed E-state index contributed by atoms with van der Waals surface area (Å²) in [5, 5.41) is 23.1. The fourth-order valence-electron chi connectivity index (χ4n) is 1.91. The zero-order valence-corrected chi connectivity index (χ0v) is 13.4. The molecule has 0 radical (unpaired) electrons. The van der Waals surface area contributed by atoms with Crippen molar-refractivity contribution in [2.75, 3.05) is 10.6 Å². The first kappa shape index (κ1) is 14.9. The number of para-hydroxylation sites is 1. The van der Waals surface area contributed by atoms with Gasteiger partial charge in [0.05, 0.1) is 17.4 Å². The van der Waals surface area contributed by atoms with Gasteiger partial charge in [0.25, 0.3) is 0 Å². The number of nitriles is 1. The summed E-state index contributed by atoms with van der Waals surface area (Å²) in [7, 11) is 0. The lowest BCUT2D eigenvalue weighted by atomic mass is 10.2. The van der Waals surface area contributed by atoms with Crippen LogP contribution in [-0.2, 0) is 0 Å². The number of nitrogens with zero attached hydrogens (tertiary/aromatic N) is 4. The maximum absolute atomic E-state index is 9.11. The first-order valence-corrected chi connectivity index (χ1v) is 7.52. The van der Waals surface area contributed by atoms with Gasteiger partial charge in [0, 0.05) is 10.2 Å². The standard InChI is InChI=1S/C16H11BrN6/c17-12-5-7-13(8-6-12)20-15-10-19-23-16(22-15)21-14-4-2-1-3-11(14)9-18/h1-8,10H,(H2,20,21,22,23). The van der Waals surface area contributed by atoms with E-state index in [9.17, 15) is 0 Å². The molecule has 2 N–H and O–H groups in total. The predicted octanol–water partition coefficient (Wildman–Crippen LogP) is 3.99. The first-order valence-electron chi connectivity index (χ1n) is 6.73. The molecule has 1 heterocycles. The van der Waals surface area contributed by atoms with Crippen molar-refractivity contribution >= 4 is 39.1 Å². The van der Waals surface area contributed by atoms with Gasteiger partial charge in [-0.05, 0) is 36.4 Å². The van der Waals surface area contributed by atoms with Crippen LogP contribution in [0, 0.1) is 11.3 Å². The van der Waals surface area contributed by atoms with Gasteiger partial charge < -0.3 is 10.6 Å². The highest BCUT2D eigenvalue weighted by atomic mass is 79.9. The summed E-state index contributed by atoms with van der Waals surface area (Å²) in [5.41, 5.74) is 2.04. The minimum Gasteiger partial charge on any atom is -0.339 e.